The van der Waals surface area contributed by atoms with Crippen molar-refractivity contribution in [2.24, 2.45) is 0 Å². The van der Waals surface area contributed by atoms with Gasteiger partial charge in [-0.3, -0.25) is 9.59 Å². The Labute approximate surface area is 197 Å². The van der Waals surface area contributed by atoms with Crippen molar-refractivity contribution in [1.29, 1.82) is 0 Å². The summed E-state index contributed by atoms with van der Waals surface area (Å²) in [5, 5.41) is 26.9. The Kier molecular flexibility index (Phi) is 6.01. The average Bonchev–Trinajstić information content (AvgIpc) is 2.84. The number of para-hydroxylation sites is 1. The molecule has 6 N–H and O–H groups in total. The fraction of sp³-hybridized carbons (Fsp3) is 0.458. The van der Waals surface area contributed by atoms with Gasteiger partial charge in [0.2, 0.25) is 0 Å². The second-order valence-corrected chi connectivity index (χ2v) is 9.28. The molecule has 1 fully saturated rings. The molecule has 2 amide bonds. The van der Waals surface area contributed by atoms with Gasteiger partial charge in [0, 0.05) is 25.2 Å². The molecule has 5 rings (SSSR count). The highest BCUT2D eigenvalue weighted by atomic mass is 16.5. The first-order valence-corrected chi connectivity index (χ1v) is 11.7. The lowest BCUT2D eigenvalue weighted by molar-refractivity contribution is -0.137. The van der Waals surface area contributed by atoms with E-state index in [4.69, 9.17) is 4.74 Å². The summed E-state index contributed by atoms with van der Waals surface area (Å²) < 4.78 is 5.34. The smallest absolute Gasteiger partial charge is 0.263 e. The van der Waals surface area contributed by atoms with E-state index >= 15 is 0 Å². The number of hydrogen-bond acceptors (Lipinski definition) is 8. The lowest BCUT2D eigenvalue weighted by Crippen LogP contribution is -2.49. The number of carbonyl (C=O) groups is 2. The predicted molar refractivity (Wildman–Crippen MR) is 129 cm³/mol. The first-order chi connectivity index (χ1) is 16.4. The molecule has 3 aliphatic rings. The number of ether oxygens (including phenoxy) is 1. The first kappa shape index (κ1) is 22.4. The van der Waals surface area contributed by atoms with Crippen LogP contribution in [-0.4, -0.2) is 52.7 Å². The molecule has 180 valence electrons. The van der Waals surface area contributed by atoms with Gasteiger partial charge in [-0.25, -0.2) is 4.98 Å². The fourth-order valence-electron chi connectivity index (χ4n) is 4.64. The van der Waals surface area contributed by atoms with Crippen molar-refractivity contribution in [2.45, 2.75) is 56.8 Å². The number of hydrogen-bond donors (Lipinski definition) is 6. The van der Waals surface area contributed by atoms with Crippen LogP contribution in [0.25, 0.3) is 0 Å². The van der Waals surface area contributed by atoms with Crippen LogP contribution in [0.15, 0.2) is 30.3 Å². The van der Waals surface area contributed by atoms with Gasteiger partial charge in [-0.15, -0.1) is 0 Å². The third-order valence-corrected chi connectivity index (χ3v) is 6.64. The van der Waals surface area contributed by atoms with E-state index in [0.29, 0.717) is 49.5 Å². The van der Waals surface area contributed by atoms with Crippen LogP contribution in [0.3, 0.4) is 0 Å². The molecule has 2 aromatic rings. The van der Waals surface area contributed by atoms with Crippen LogP contribution in [0, 0.1) is 0 Å². The average molecular weight is 467 g/mol. The molecule has 1 aliphatic carbocycles. The number of aliphatic hydroxyl groups is 1. The van der Waals surface area contributed by atoms with Gasteiger partial charge in [-0.05, 0) is 56.9 Å². The number of aromatic nitrogens is 1. The third-order valence-electron chi connectivity index (χ3n) is 6.64. The van der Waals surface area contributed by atoms with Crippen LogP contribution in [0.5, 0.6) is 5.75 Å². The molecule has 10 nitrogen and oxygen atoms in total. The summed E-state index contributed by atoms with van der Waals surface area (Å²) >= 11 is 0. The Morgan fingerprint density at radius 1 is 1.26 bits per heavy atom. The van der Waals surface area contributed by atoms with Crippen molar-refractivity contribution in [2.75, 3.05) is 34.4 Å². The second kappa shape index (κ2) is 9.11. The maximum absolute atomic E-state index is 13.0. The lowest BCUT2D eigenvalue weighted by atomic mass is 9.81. The number of amides is 2. The molecule has 1 unspecified atom stereocenters. The molecule has 2 aliphatic heterocycles. The maximum Gasteiger partial charge on any atom is 0.263 e. The summed E-state index contributed by atoms with van der Waals surface area (Å²) in [6.45, 7) is 3.40. The van der Waals surface area contributed by atoms with Gasteiger partial charge in [0.15, 0.2) is 18.2 Å². The number of rotatable bonds is 5. The van der Waals surface area contributed by atoms with Gasteiger partial charge in [-0.2, -0.15) is 0 Å². The van der Waals surface area contributed by atoms with Crippen molar-refractivity contribution in [3.8, 4) is 5.75 Å². The molecule has 0 bridgehead atoms. The Hall–Kier alpha value is -3.37. The van der Waals surface area contributed by atoms with Crippen LogP contribution in [-0.2, 0) is 16.1 Å². The molecule has 1 atom stereocenters. The first-order valence-electron chi connectivity index (χ1n) is 11.7. The zero-order valence-corrected chi connectivity index (χ0v) is 19.1. The van der Waals surface area contributed by atoms with Crippen molar-refractivity contribution >= 4 is 34.7 Å². The molecule has 0 spiro atoms. The predicted octanol–water partition coefficient (Wildman–Crippen LogP) is 2.04. The highest BCUT2D eigenvalue weighted by Gasteiger charge is 2.40. The van der Waals surface area contributed by atoms with Gasteiger partial charge in [0.25, 0.3) is 11.8 Å². The van der Waals surface area contributed by atoms with Gasteiger partial charge in [0.05, 0.1) is 22.8 Å². The summed E-state index contributed by atoms with van der Waals surface area (Å²) in [6.07, 6.45) is 2.07. The SMILES string of the molecule is CC1CNc2cccc(NC(=O)C3(O)CCC(NCc4ccc5c(n4)NC(=O)CO5)CC3)c2N1. The molecule has 3 heterocycles. The Morgan fingerprint density at radius 3 is 2.91 bits per heavy atom. The summed E-state index contributed by atoms with van der Waals surface area (Å²) in [5.41, 5.74) is 1.85. The fourth-order valence-corrected chi connectivity index (χ4v) is 4.64. The third kappa shape index (κ3) is 4.64. The number of anilines is 4. The maximum atomic E-state index is 13.0. The number of carbonyl (C=O) groups excluding carboxylic acids is 2. The standard InChI is InChI=1S/C24H30N6O4/c1-14-11-26-17-3-2-4-18(21(17)27-14)29-23(32)24(33)9-7-15(8-10-24)25-12-16-5-6-19-22(28-16)30-20(31)13-34-19/h2-6,14-15,25-27,33H,7-13H2,1H3,(H,29,32)(H,28,30,31). The van der Waals surface area contributed by atoms with E-state index in [1.807, 2.05) is 24.3 Å². The quantitative estimate of drug-likeness (QED) is 0.394. The number of nitrogens with zero attached hydrogens (tertiary/aromatic N) is 1. The van der Waals surface area contributed by atoms with E-state index in [-0.39, 0.29) is 30.5 Å². The Bertz CT molecular complexity index is 1100. The van der Waals surface area contributed by atoms with E-state index in [1.165, 1.54) is 0 Å². The molecule has 0 saturated heterocycles. The zero-order chi connectivity index (χ0) is 23.7. The summed E-state index contributed by atoms with van der Waals surface area (Å²) in [5.74, 6) is 0.420. The van der Waals surface area contributed by atoms with Crippen LogP contribution in [0.2, 0.25) is 0 Å². The summed E-state index contributed by atoms with van der Waals surface area (Å²) in [6, 6.07) is 9.76. The molecule has 34 heavy (non-hydrogen) atoms. The lowest BCUT2D eigenvalue weighted by Gasteiger charge is -2.35. The molecule has 1 aromatic carbocycles. The van der Waals surface area contributed by atoms with Crippen LogP contribution >= 0.6 is 0 Å². The summed E-state index contributed by atoms with van der Waals surface area (Å²) in [4.78, 5) is 29.0. The topological polar surface area (TPSA) is 137 Å². The van der Waals surface area contributed by atoms with Gasteiger partial charge in [0.1, 0.15) is 5.60 Å². The van der Waals surface area contributed by atoms with E-state index in [2.05, 4.69) is 38.5 Å². The van der Waals surface area contributed by atoms with Gasteiger partial charge >= 0.3 is 0 Å². The van der Waals surface area contributed by atoms with Crippen LogP contribution in [0.4, 0.5) is 22.9 Å². The van der Waals surface area contributed by atoms with Crippen molar-refractivity contribution in [3.63, 3.8) is 0 Å². The van der Waals surface area contributed by atoms with E-state index in [1.54, 1.807) is 6.07 Å². The highest BCUT2D eigenvalue weighted by molar-refractivity contribution is 6.01. The number of fused-ring (bicyclic) bond motifs is 2. The monoisotopic (exact) mass is 466 g/mol. The van der Waals surface area contributed by atoms with Crippen molar-refractivity contribution < 1.29 is 19.4 Å². The molecule has 1 saturated carbocycles. The minimum atomic E-state index is -1.40. The highest BCUT2D eigenvalue weighted by Crippen LogP contribution is 2.36. The Morgan fingerprint density at radius 2 is 2.09 bits per heavy atom. The molecule has 0 radical (unpaired) electrons. The number of benzene rings is 1. The molecular weight excluding hydrogens is 436 g/mol. The summed E-state index contributed by atoms with van der Waals surface area (Å²) in [7, 11) is 0. The second-order valence-electron chi connectivity index (χ2n) is 9.28. The number of nitrogens with one attached hydrogen (secondary N) is 5. The molecule has 10 heteroatoms. The van der Waals surface area contributed by atoms with Crippen molar-refractivity contribution in [1.82, 2.24) is 10.3 Å². The number of pyridine rings is 1. The van der Waals surface area contributed by atoms with E-state index < -0.39 is 5.60 Å². The van der Waals surface area contributed by atoms with Crippen LogP contribution in [0.1, 0.15) is 38.3 Å². The van der Waals surface area contributed by atoms with Crippen molar-refractivity contribution in [3.05, 3.63) is 36.0 Å². The normalized spacial score (nSPS) is 25.5. The zero-order valence-electron chi connectivity index (χ0n) is 19.1. The van der Waals surface area contributed by atoms with Gasteiger partial charge in [-0.1, -0.05) is 6.07 Å². The van der Waals surface area contributed by atoms with Crippen LogP contribution < -0.4 is 31.3 Å². The Balaban J connectivity index is 1.15. The van der Waals surface area contributed by atoms with E-state index in [0.717, 1.165) is 23.6 Å². The van der Waals surface area contributed by atoms with Gasteiger partial charge < -0.3 is 36.4 Å². The minimum Gasteiger partial charge on any atom is -0.480 e. The largest absolute Gasteiger partial charge is 0.480 e. The van der Waals surface area contributed by atoms with E-state index in [9.17, 15) is 14.7 Å². The molecular formula is C24H30N6O4. The minimum absolute atomic E-state index is 0.00408. The molecule has 1 aromatic heterocycles.